The summed E-state index contributed by atoms with van der Waals surface area (Å²) in [6.45, 7) is 12.0. The fourth-order valence-electron chi connectivity index (χ4n) is 6.22. The Morgan fingerprint density at radius 1 is 1.09 bits per heavy atom. The molecule has 0 aromatic heterocycles. The fourth-order valence-corrected chi connectivity index (χ4v) is 6.22. The van der Waals surface area contributed by atoms with Gasteiger partial charge in [0.1, 0.15) is 0 Å². The van der Waals surface area contributed by atoms with Gasteiger partial charge in [-0.15, -0.1) is 0 Å². The predicted octanol–water partition coefficient (Wildman–Crippen LogP) is 6.05. The summed E-state index contributed by atoms with van der Waals surface area (Å²) in [6, 6.07) is 0. The topological polar surface area (TPSA) is 20.2 Å². The molecule has 2 saturated carbocycles. The Balaban J connectivity index is 1.94. The second kappa shape index (κ2) is 7.69. The van der Waals surface area contributed by atoms with Crippen LogP contribution in [0.4, 0.5) is 0 Å². The second-order valence-electron chi connectivity index (χ2n) is 8.86. The second-order valence-corrected chi connectivity index (χ2v) is 8.86. The third-order valence-corrected chi connectivity index (χ3v) is 7.71. The van der Waals surface area contributed by atoms with Crippen molar-refractivity contribution in [3.63, 3.8) is 0 Å². The molecular weight excluding hydrogens is 268 g/mol. The lowest BCUT2D eigenvalue weighted by Crippen LogP contribution is -2.38. The number of rotatable bonds is 7. The van der Waals surface area contributed by atoms with E-state index >= 15 is 0 Å². The maximum atomic E-state index is 10.2. The molecule has 2 rings (SSSR count). The minimum atomic E-state index is -0.0844. The molecule has 1 heteroatoms. The van der Waals surface area contributed by atoms with Crippen LogP contribution in [0.5, 0.6) is 0 Å². The summed E-state index contributed by atoms with van der Waals surface area (Å²) >= 11 is 0. The van der Waals surface area contributed by atoms with Crippen LogP contribution in [0.3, 0.4) is 0 Å². The van der Waals surface area contributed by atoms with Crippen molar-refractivity contribution in [1.29, 1.82) is 0 Å². The van der Waals surface area contributed by atoms with Crippen molar-refractivity contribution in [2.75, 3.05) is 0 Å². The minimum Gasteiger partial charge on any atom is -0.393 e. The van der Waals surface area contributed by atoms with Gasteiger partial charge in [-0.25, -0.2) is 0 Å². The average molecular weight is 309 g/mol. The summed E-state index contributed by atoms with van der Waals surface area (Å²) < 4.78 is 0. The molecule has 4 unspecified atom stereocenters. The Kier molecular flexibility index (Phi) is 6.39. The molecule has 1 nitrogen and oxygen atoms in total. The Hall–Kier alpha value is -0.0400. The van der Waals surface area contributed by atoms with Gasteiger partial charge in [-0.3, -0.25) is 0 Å². The summed E-state index contributed by atoms with van der Waals surface area (Å²) in [5.74, 6) is 4.20. The maximum Gasteiger partial charge on any atom is 0.0565 e. The van der Waals surface area contributed by atoms with Gasteiger partial charge in [-0.05, 0) is 67.1 Å². The monoisotopic (exact) mass is 308 g/mol. The Morgan fingerprint density at radius 3 is 2.45 bits per heavy atom. The average Bonchev–Trinajstić information content (AvgIpc) is 2.85. The summed E-state index contributed by atoms with van der Waals surface area (Å²) in [7, 11) is 0. The third-order valence-electron chi connectivity index (χ3n) is 7.71. The molecule has 0 amide bonds. The molecule has 0 aliphatic heterocycles. The van der Waals surface area contributed by atoms with Gasteiger partial charge in [0.05, 0.1) is 6.10 Å². The molecule has 130 valence electrons. The zero-order valence-corrected chi connectivity index (χ0v) is 15.8. The SMILES string of the molecule is CCC(O)C(CC)CCC(C)[C@H]1CCC2[C@@H](C)CCC[C@@]21C. The first-order valence-electron chi connectivity index (χ1n) is 10.1. The maximum absolute atomic E-state index is 10.2. The quantitative estimate of drug-likeness (QED) is 0.606. The van der Waals surface area contributed by atoms with E-state index in [1.54, 1.807) is 0 Å². The van der Waals surface area contributed by atoms with Gasteiger partial charge in [0.15, 0.2) is 0 Å². The highest BCUT2D eigenvalue weighted by molar-refractivity contribution is 5.00. The zero-order valence-electron chi connectivity index (χ0n) is 15.8. The Labute approximate surface area is 139 Å². The van der Waals surface area contributed by atoms with Gasteiger partial charge >= 0.3 is 0 Å². The third kappa shape index (κ3) is 3.55. The molecule has 0 spiro atoms. The summed E-state index contributed by atoms with van der Waals surface area (Å²) in [4.78, 5) is 0. The standard InChI is InChI=1S/C21H40O/c1-6-17(20(22)7-2)11-10-16(4)19-13-12-18-15(3)9-8-14-21(18,19)5/h15-20,22H,6-14H2,1-5H3/t15-,16?,17?,18?,19+,20?,21-/m0/s1. The van der Waals surface area contributed by atoms with Crippen molar-refractivity contribution in [3.05, 3.63) is 0 Å². The van der Waals surface area contributed by atoms with Crippen LogP contribution in [-0.2, 0) is 0 Å². The van der Waals surface area contributed by atoms with Gasteiger partial charge in [-0.1, -0.05) is 60.3 Å². The molecule has 0 saturated heterocycles. The van der Waals surface area contributed by atoms with Gasteiger partial charge < -0.3 is 5.11 Å². The molecule has 0 radical (unpaired) electrons. The van der Waals surface area contributed by atoms with Crippen LogP contribution in [0.25, 0.3) is 0 Å². The molecule has 0 aromatic rings. The molecule has 0 heterocycles. The van der Waals surface area contributed by atoms with Gasteiger partial charge in [0, 0.05) is 0 Å². The van der Waals surface area contributed by atoms with E-state index in [2.05, 4.69) is 34.6 Å². The lowest BCUT2D eigenvalue weighted by Gasteiger charge is -2.46. The van der Waals surface area contributed by atoms with Crippen molar-refractivity contribution < 1.29 is 5.11 Å². The van der Waals surface area contributed by atoms with Crippen molar-refractivity contribution >= 4 is 0 Å². The van der Waals surface area contributed by atoms with Crippen LogP contribution in [0.15, 0.2) is 0 Å². The number of aliphatic hydroxyl groups excluding tert-OH is 1. The van der Waals surface area contributed by atoms with Gasteiger partial charge in [0.2, 0.25) is 0 Å². The number of fused-ring (bicyclic) bond motifs is 1. The molecule has 2 aliphatic rings. The summed E-state index contributed by atoms with van der Waals surface area (Å²) in [6.07, 6.45) is 11.8. The van der Waals surface area contributed by atoms with Crippen LogP contribution in [0, 0.1) is 35.0 Å². The van der Waals surface area contributed by atoms with E-state index in [1.165, 1.54) is 44.9 Å². The highest BCUT2D eigenvalue weighted by Gasteiger charge is 2.51. The Morgan fingerprint density at radius 2 is 1.82 bits per heavy atom. The number of hydrogen-bond donors (Lipinski definition) is 1. The molecule has 1 N–H and O–H groups in total. The van der Waals surface area contributed by atoms with E-state index in [0.717, 1.165) is 36.5 Å². The molecule has 0 aromatic carbocycles. The molecule has 0 bridgehead atoms. The molecular formula is C21H40O. The van der Waals surface area contributed by atoms with Gasteiger partial charge in [-0.2, -0.15) is 0 Å². The highest BCUT2D eigenvalue weighted by Crippen LogP contribution is 2.59. The van der Waals surface area contributed by atoms with E-state index in [4.69, 9.17) is 0 Å². The van der Waals surface area contributed by atoms with Crippen LogP contribution >= 0.6 is 0 Å². The van der Waals surface area contributed by atoms with E-state index in [1.807, 2.05) is 0 Å². The highest BCUT2D eigenvalue weighted by atomic mass is 16.3. The van der Waals surface area contributed by atoms with Crippen LogP contribution in [0.1, 0.15) is 92.4 Å². The van der Waals surface area contributed by atoms with Crippen LogP contribution in [-0.4, -0.2) is 11.2 Å². The lowest BCUT2D eigenvalue weighted by molar-refractivity contribution is 0.0302. The first-order chi connectivity index (χ1) is 10.4. The van der Waals surface area contributed by atoms with Crippen molar-refractivity contribution in [2.45, 2.75) is 98.5 Å². The van der Waals surface area contributed by atoms with E-state index < -0.39 is 0 Å². The lowest BCUT2D eigenvalue weighted by atomic mass is 9.59. The number of aliphatic hydroxyl groups is 1. The van der Waals surface area contributed by atoms with E-state index in [-0.39, 0.29) is 6.10 Å². The molecule has 2 fully saturated rings. The van der Waals surface area contributed by atoms with E-state index in [9.17, 15) is 5.11 Å². The minimum absolute atomic E-state index is 0.0844. The first-order valence-corrected chi connectivity index (χ1v) is 10.1. The number of hydrogen-bond acceptors (Lipinski definition) is 1. The smallest absolute Gasteiger partial charge is 0.0565 e. The molecule has 2 aliphatic carbocycles. The first kappa shape index (κ1) is 18.3. The summed E-state index contributed by atoms with van der Waals surface area (Å²) in [5.41, 5.74) is 0.613. The molecule has 22 heavy (non-hydrogen) atoms. The summed E-state index contributed by atoms with van der Waals surface area (Å²) in [5, 5.41) is 10.2. The Bertz CT molecular complexity index is 339. The van der Waals surface area contributed by atoms with Crippen LogP contribution < -0.4 is 0 Å². The van der Waals surface area contributed by atoms with Crippen molar-refractivity contribution in [2.24, 2.45) is 35.0 Å². The fraction of sp³-hybridized carbons (Fsp3) is 1.00. The predicted molar refractivity (Wildman–Crippen MR) is 95.8 cm³/mol. The van der Waals surface area contributed by atoms with Crippen LogP contribution in [0.2, 0.25) is 0 Å². The van der Waals surface area contributed by atoms with Crippen molar-refractivity contribution in [1.82, 2.24) is 0 Å². The largest absolute Gasteiger partial charge is 0.393 e. The molecule has 7 atom stereocenters. The van der Waals surface area contributed by atoms with E-state index in [0.29, 0.717) is 11.3 Å². The zero-order chi connectivity index (χ0) is 16.3. The van der Waals surface area contributed by atoms with Gasteiger partial charge in [0.25, 0.3) is 0 Å². The normalized spacial score (nSPS) is 39.3. The van der Waals surface area contributed by atoms with Crippen molar-refractivity contribution in [3.8, 4) is 0 Å².